The number of anilines is 1. The second kappa shape index (κ2) is 6.94. The largest absolute Gasteiger partial charge is 0.478 e. The first-order valence-corrected chi connectivity index (χ1v) is 6.13. The summed E-state index contributed by atoms with van der Waals surface area (Å²) in [4.78, 5) is 30.0. The van der Waals surface area contributed by atoms with Gasteiger partial charge in [-0.2, -0.15) is 5.10 Å². The summed E-state index contributed by atoms with van der Waals surface area (Å²) in [5.74, 6) is -0.881. The third-order valence-corrected chi connectivity index (χ3v) is 2.50. The summed E-state index contributed by atoms with van der Waals surface area (Å²) >= 11 is 0. The van der Waals surface area contributed by atoms with Crippen molar-refractivity contribution in [2.45, 2.75) is 13.0 Å². The molecular formula is C13H13N5O3. The van der Waals surface area contributed by atoms with Crippen molar-refractivity contribution in [1.82, 2.24) is 19.7 Å². The number of carbonyl (C=O) groups is 2. The Kier molecular flexibility index (Phi) is 4.75. The molecule has 8 heteroatoms. The molecule has 0 aromatic carbocycles. The van der Waals surface area contributed by atoms with Crippen molar-refractivity contribution >= 4 is 23.8 Å². The number of amides is 1. The lowest BCUT2D eigenvalue weighted by Crippen LogP contribution is -2.15. The monoisotopic (exact) mass is 287 g/mol. The Bertz CT molecular complexity index is 652. The number of pyridine rings is 1. The van der Waals surface area contributed by atoms with Gasteiger partial charge < -0.3 is 10.4 Å². The summed E-state index contributed by atoms with van der Waals surface area (Å²) < 4.78 is 1.55. The first kappa shape index (κ1) is 14.4. The van der Waals surface area contributed by atoms with Crippen LogP contribution in [0.5, 0.6) is 0 Å². The molecule has 0 radical (unpaired) electrons. The number of nitrogens with zero attached hydrogens (tertiary/aromatic N) is 4. The van der Waals surface area contributed by atoms with Crippen LogP contribution in [0.4, 0.5) is 5.82 Å². The van der Waals surface area contributed by atoms with Crippen LogP contribution in [0, 0.1) is 0 Å². The molecule has 108 valence electrons. The Morgan fingerprint density at radius 3 is 3.00 bits per heavy atom. The second-order valence-electron chi connectivity index (χ2n) is 4.10. The van der Waals surface area contributed by atoms with Crippen molar-refractivity contribution in [3.05, 3.63) is 42.6 Å². The molecule has 0 spiro atoms. The first-order valence-electron chi connectivity index (χ1n) is 6.13. The predicted molar refractivity (Wildman–Crippen MR) is 74.2 cm³/mol. The van der Waals surface area contributed by atoms with Crippen LogP contribution in [-0.4, -0.2) is 36.7 Å². The predicted octanol–water partition coefficient (Wildman–Crippen LogP) is 0.800. The van der Waals surface area contributed by atoms with Crippen molar-refractivity contribution in [2.75, 3.05) is 5.32 Å². The number of nitrogens with one attached hydrogen (secondary N) is 1. The minimum atomic E-state index is -1.04. The number of carboxylic acids is 1. The SMILES string of the molecule is O=C(O)/C=C/c1ccnc(NC(=O)CCn2cncn2)c1. The number of aryl methyl sites for hydroxylation is 1. The summed E-state index contributed by atoms with van der Waals surface area (Å²) in [6.45, 7) is 0.421. The normalized spacial score (nSPS) is 10.7. The van der Waals surface area contributed by atoms with Gasteiger partial charge in [0.2, 0.25) is 5.91 Å². The van der Waals surface area contributed by atoms with Crippen molar-refractivity contribution in [2.24, 2.45) is 0 Å². The molecule has 2 N–H and O–H groups in total. The fourth-order valence-electron chi connectivity index (χ4n) is 1.56. The lowest BCUT2D eigenvalue weighted by Gasteiger charge is -2.05. The quantitative estimate of drug-likeness (QED) is 0.760. The van der Waals surface area contributed by atoms with Gasteiger partial charge in [0.05, 0.1) is 6.54 Å². The lowest BCUT2D eigenvalue weighted by molar-refractivity contribution is -0.131. The van der Waals surface area contributed by atoms with Crippen LogP contribution in [0.1, 0.15) is 12.0 Å². The molecule has 0 unspecified atom stereocenters. The first-order chi connectivity index (χ1) is 10.1. The second-order valence-corrected chi connectivity index (χ2v) is 4.10. The summed E-state index contributed by atoms with van der Waals surface area (Å²) in [5.41, 5.74) is 0.638. The van der Waals surface area contributed by atoms with E-state index >= 15 is 0 Å². The summed E-state index contributed by atoms with van der Waals surface area (Å²) in [7, 11) is 0. The van der Waals surface area contributed by atoms with Gasteiger partial charge in [-0.05, 0) is 23.8 Å². The molecule has 2 heterocycles. The molecule has 0 saturated heterocycles. The molecular weight excluding hydrogens is 274 g/mol. The zero-order valence-electron chi connectivity index (χ0n) is 11.0. The Morgan fingerprint density at radius 1 is 1.43 bits per heavy atom. The van der Waals surface area contributed by atoms with Gasteiger partial charge in [-0.3, -0.25) is 9.48 Å². The lowest BCUT2D eigenvalue weighted by atomic mass is 10.2. The topological polar surface area (TPSA) is 110 Å². The van der Waals surface area contributed by atoms with Crippen molar-refractivity contribution < 1.29 is 14.7 Å². The summed E-state index contributed by atoms with van der Waals surface area (Å²) in [6, 6.07) is 3.23. The molecule has 2 aromatic rings. The number of carbonyl (C=O) groups excluding carboxylic acids is 1. The highest BCUT2D eigenvalue weighted by Crippen LogP contribution is 2.09. The Balaban J connectivity index is 1.91. The van der Waals surface area contributed by atoms with E-state index in [-0.39, 0.29) is 12.3 Å². The fraction of sp³-hybridized carbons (Fsp3) is 0.154. The van der Waals surface area contributed by atoms with Crippen LogP contribution in [0.15, 0.2) is 37.1 Å². The van der Waals surface area contributed by atoms with E-state index in [0.29, 0.717) is 17.9 Å². The van der Waals surface area contributed by atoms with Crippen LogP contribution in [-0.2, 0) is 16.1 Å². The van der Waals surface area contributed by atoms with E-state index in [4.69, 9.17) is 5.11 Å². The number of aliphatic carboxylic acids is 1. The van der Waals surface area contributed by atoms with Crippen LogP contribution < -0.4 is 5.32 Å². The zero-order valence-corrected chi connectivity index (χ0v) is 11.0. The molecule has 0 fully saturated rings. The maximum absolute atomic E-state index is 11.8. The molecule has 0 aliphatic carbocycles. The van der Waals surface area contributed by atoms with E-state index in [1.165, 1.54) is 24.9 Å². The number of carboxylic acid groups (broad SMARTS) is 1. The van der Waals surface area contributed by atoms with Crippen LogP contribution in [0.3, 0.4) is 0 Å². The Hall–Kier alpha value is -3.03. The standard InChI is InChI=1S/C13H13N5O3/c19-12(4-6-18-9-14-8-16-18)17-11-7-10(3-5-15-11)1-2-13(20)21/h1-3,5,7-9H,4,6H2,(H,20,21)(H,15,17,19)/b2-1+. The molecule has 0 aliphatic rings. The molecule has 0 aliphatic heterocycles. The van der Waals surface area contributed by atoms with E-state index in [1.807, 2.05) is 0 Å². The molecule has 0 saturated carbocycles. The van der Waals surface area contributed by atoms with E-state index in [9.17, 15) is 9.59 Å². The number of rotatable bonds is 6. The molecule has 8 nitrogen and oxygen atoms in total. The smallest absolute Gasteiger partial charge is 0.328 e. The highest BCUT2D eigenvalue weighted by atomic mass is 16.4. The van der Waals surface area contributed by atoms with Gasteiger partial charge >= 0.3 is 5.97 Å². The van der Waals surface area contributed by atoms with Gasteiger partial charge in [0.15, 0.2) is 0 Å². The molecule has 21 heavy (non-hydrogen) atoms. The van der Waals surface area contributed by atoms with Crippen LogP contribution in [0.2, 0.25) is 0 Å². The van der Waals surface area contributed by atoms with Crippen LogP contribution in [0.25, 0.3) is 6.08 Å². The summed E-state index contributed by atoms with van der Waals surface area (Å²) in [6.07, 6.45) is 7.11. The Morgan fingerprint density at radius 2 is 2.29 bits per heavy atom. The number of aromatic nitrogens is 4. The number of hydrogen-bond donors (Lipinski definition) is 2. The van der Waals surface area contributed by atoms with Gasteiger partial charge in [0, 0.05) is 18.7 Å². The third kappa shape index (κ3) is 4.86. The van der Waals surface area contributed by atoms with Crippen molar-refractivity contribution in [3.63, 3.8) is 0 Å². The maximum atomic E-state index is 11.8. The zero-order chi connectivity index (χ0) is 15.1. The highest BCUT2D eigenvalue weighted by Gasteiger charge is 2.04. The molecule has 1 amide bonds. The van der Waals surface area contributed by atoms with E-state index in [0.717, 1.165) is 6.08 Å². The Labute approximate surface area is 120 Å². The van der Waals surface area contributed by atoms with Crippen molar-refractivity contribution in [1.29, 1.82) is 0 Å². The van der Waals surface area contributed by atoms with Gasteiger partial charge in [-0.1, -0.05) is 0 Å². The highest BCUT2D eigenvalue weighted by molar-refractivity contribution is 5.90. The minimum Gasteiger partial charge on any atom is -0.478 e. The van der Waals surface area contributed by atoms with Crippen molar-refractivity contribution in [3.8, 4) is 0 Å². The van der Waals surface area contributed by atoms with Gasteiger partial charge in [0.25, 0.3) is 0 Å². The molecule has 0 bridgehead atoms. The average Bonchev–Trinajstić information content (AvgIpc) is 2.97. The third-order valence-electron chi connectivity index (χ3n) is 2.50. The van der Waals surface area contributed by atoms with E-state index in [2.05, 4.69) is 20.4 Å². The maximum Gasteiger partial charge on any atom is 0.328 e. The number of hydrogen-bond acceptors (Lipinski definition) is 5. The van der Waals surface area contributed by atoms with Gasteiger partial charge in [-0.15, -0.1) is 0 Å². The van der Waals surface area contributed by atoms with Gasteiger partial charge in [-0.25, -0.2) is 14.8 Å². The van der Waals surface area contributed by atoms with E-state index < -0.39 is 5.97 Å². The molecule has 2 rings (SSSR count). The average molecular weight is 287 g/mol. The fourth-order valence-corrected chi connectivity index (χ4v) is 1.56. The minimum absolute atomic E-state index is 0.211. The molecule has 0 atom stereocenters. The summed E-state index contributed by atoms with van der Waals surface area (Å²) in [5, 5.41) is 15.1. The van der Waals surface area contributed by atoms with Gasteiger partial charge in [0.1, 0.15) is 18.5 Å². The molecule has 2 aromatic heterocycles. The van der Waals surface area contributed by atoms with Crippen LogP contribution >= 0.6 is 0 Å². The van der Waals surface area contributed by atoms with E-state index in [1.54, 1.807) is 16.8 Å².